The summed E-state index contributed by atoms with van der Waals surface area (Å²) < 4.78 is 1.83. The number of carbonyl (C=O) groups excluding carboxylic acids is 1. The number of amides is 1. The molecule has 3 N–H and O–H groups in total. The van der Waals surface area contributed by atoms with Crippen molar-refractivity contribution in [1.82, 2.24) is 15.1 Å². The highest BCUT2D eigenvalue weighted by molar-refractivity contribution is 5.79. The largest absolute Gasteiger partial charge is 0.352 e. The maximum atomic E-state index is 12.1. The van der Waals surface area contributed by atoms with Gasteiger partial charge in [0.15, 0.2) is 0 Å². The molecule has 0 aliphatic carbocycles. The van der Waals surface area contributed by atoms with Crippen LogP contribution < -0.4 is 11.1 Å². The van der Waals surface area contributed by atoms with Crippen LogP contribution in [0.25, 0.3) is 0 Å². The standard InChI is InChI=1S/C16H22N4O/c1-11-15(12(2)20(3)19-11)10-18-16(21)8-13-6-4-5-7-14(13)9-17/h4-7H,8-10,17H2,1-3H3,(H,18,21). The predicted molar refractivity (Wildman–Crippen MR) is 82.6 cm³/mol. The van der Waals surface area contributed by atoms with E-state index in [0.29, 0.717) is 19.5 Å². The molecule has 0 radical (unpaired) electrons. The van der Waals surface area contributed by atoms with Crippen LogP contribution >= 0.6 is 0 Å². The third-order valence-electron chi connectivity index (χ3n) is 3.81. The van der Waals surface area contributed by atoms with Crippen LogP contribution in [0.3, 0.4) is 0 Å². The molecule has 0 bridgehead atoms. The van der Waals surface area contributed by atoms with Gasteiger partial charge in [-0.25, -0.2) is 0 Å². The zero-order valence-electron chi connectivity index (χ0n) is 12.8. The third-order valence-corrected chi connectivity index (χ3v) is 3.81. The fraction of sp³-hybridized carbons (Fsp3) is 0.375. The molecular formula is C16H22N4O. The van der Waals surface area contributed by atoms with Gasteiger partial charge in [0.1, 0.15) is 0 Å². The monoisotopic (exact) mass is 286 g/mol. The van der Waals surface area contributed by atoms with Crippen LogP contribution in [-0.4, -0.2) is 15.7 Å². The summed E-state index contributed by atoms with van der Waals surface area (Å²) in [6.07, 6.45) is 0.353. The number of carbonyl (C=O) groups is 1. The van der Waals surface area contributed by atoms with Crippen molar-refractivity contribution in [3.63, 3.8) is 0 Å². The topological polar surface area (TPSA) is 72.9 Å². The van der Waals surface area contributed by atoms with Gasteiger partial charge in [0.25, 0.3) is 0 Å². The highest BCUT2D eigenvalue weighted by atomic mass is 16.1. The van der Waals surface area contributed by atoms with E-state index in [9.17, 15) is 4.79 Å². The van der Waals surface area contributed by atoms with Gasteiger partial charge in [0.2, 0.25) is 5.91 Å². The van der Waals surface area contributed by atoms with E-state index in [1.54, 1.807) is 0 Å². The second-order valence-corrected chi connectivity index (χ2v) is 5.20. The number of rotatable bonds is 5. The quantitative estimate of drug-likeness (QED) is 0.871. The number of nitrogens with one attached hydrogen (secondary N) is 1. The second-order valence-electron chi connectivity index (χ2n) is 5.20. The van der Waals surface area contributed by atoms with E-state index in [-0.39, 0.29) is 5.91 Å². The summed E-state index contributed by atoms with van der Waals surface area (Å²) in [5, 5.41) is 7.31. The Labute approximate surface area is 125 Å². The molecule has 1 aromatic heterocycles. The van der Waals surface area contributed by atoms with Crippen LogP contribution in [-0.2, 0) is 31.4 Å². The van der Waals surface area contributed by atoms with E-state index in [1.165, 1.54) is 0 Å². The zero-order chi connectivity index (χ0) is 15.4. The van der Waals surface area contributed by atoms with E-state index in [4.69, 9.17) is 5.73 Å². The van der Waals surface area contributed by atoms with Crippen LogP contribution in [0.2, 0.25) is 0 Å². The minimum atomic E-state index is -0.00134. The fourth-order valence-corrected chi connectivity index (χ4v) is 2.42. The molecule has 0 fully saturated rings. The SMILES string of the molecule is Cc1nn(C)c(C)c1CNC(=O)Cc1ccccc1CN. The minimum absolute atomic E-state index is 0.00134. The van der Waals surface area contributed by atoms with Crippen LogP contribution in [0.15, 0.2) is 24.3 Å². The molecule has 1 heterocycles. The van der Waals surface area contributed by atoms with Gasteiger partial charge in [-0.2, -0.15) is 5.10 Å². The smallest absolute Gasteiger partial charge is 0.224 e. The van der Waals surface area contributed by atoms with Crippen molar-refractivity contribution in [3.05, 3.63) is 52.3 Å². The average molecular weight is 286 g/mol. The molecule has 21 heavy (non-hydrogen) atoms. The number of hydrogen-bond acceptors (Lipinski definition) is 3. The Balaban J connectivity index is 1.99. The lowest BCUT2D eigenvalue weighted by Crippen LogP contribution is -2.25. The summed E-state index contributed by atoms with van der Waals surface area (Å²) in [7, 11) is 1.91. The zero-order valence-corrected chi connectivity index (χ0v) is 12.8. The van der Waals surface area contributed by atoms with Crippen LogP contribution in [0, 0.1) is 13.8 Å². The number of nitrogens with two attached hydrogens (primary N) is 1. The number of hydrogen-bond donors (Lipinski definition) is 2. The van der Waals surface area contributed by atoms with Crippen molar-refractivity contribution in [1.29, 1.82) is 0 Å². The van der Waals surface area contributed by atoms with Gasteiger partial charge in [0, 0.05) is 31.4 Å². The molecule has 0 aliphatic heterocycles. The van der Waals surface area contributed by atoms with E-state index >= 15 is 0 Å². The van der Waals surface area contributed by atoms with Crippen molar-refractivity contribution in [2.24, 2.45) is 12.8 Å². The second kappa shape index (κ2) is 6.54. The van der Waals surface area contributed by atoms with Gasteiger partial charge >= 0.3 is 0 Å². The maximum Gasteiger partial charge on any atom is 0.224 e. The van der Waals surface area contributed by atoms with Gasteiger partial charge in [0.05, 0.1) is 12.1 Å². The molecule has 0 saturated heterocycles. The number of aromatic nitrogens is 2. The maximum absolute atomic E-state index is 12.1. The summed E-state index contributed by atoms with van der Waals surface area (Å²) in [4.78, 5) is 12.1. The molecule has 1 amide bonds. The molecule has 1 aromatic carbocycles. The Hall–Kier alpha value is -2.14. The van der Waals surface area contributed by atoms with E-state index in [2.05, 4.69) is 10.4 Å². The van der Waals surface area contributed by atoms with Gasteiger partial charge < -0.3 is 11.1 Å². The molecule has 2 rings (SSSR count). The summed E-state index contributed by atoms with van der Waals surface area (Å²) in [6.45, 7) is 4.92. The van der Waals surface area contributed by atoms with E-state index in [0.717, 1.165) is 28.1 Å². The molecular weight excluding hydrogens is 264 g/mol. The number of benzene rings is 1. The Kier molecular flexibility index (Phi) is 4.75. The van der Waals surface area contributed by atoms with Gasteiger partial charge in [-0.15, -0.1) is 0 Å². The lowest BCUT2D eigenvalue weighted by molar-refractivity contribution is -0.120. The summed E-state index contributed by atoms with van der Waals surface area (Å²) in [6, 6.07) is 7.77. The van der Waals surface area contributed by atoms with E-state index in [1.807, 2.05) is 49.8 Å². The Bertz CT molecular complexity index is 646. The molecule has 0 aliphatic rings. The number of nitrogens with zero attached hydrogens (tertiary/aromatic N) is 2. The van der Waals surface area contributed by atoms with Crippen molar-refractivity contribution in [2.75, 3.05) is 0 Å². The molecule has 112 valence electrons. The fourth-order valence-electron chi connectivity index (χ4n) is 2.42. The Morgan fingerprint density at radius 2 is 1.95 bits per heavy atom. The van der Waals surface area contributed by atoms with Gasteiger partial charge in [-0.05, 0) is 25.0 Å². The van der Waals surface area contributed by atoms with Crippen molar-refractivity contribution < 1.29 is 4.79 Å². The van der Waals surface area contributed by atoms with Crippen molar-refractivity contribution in [2.45, 2.75) is 33.4 Å². The van der Waals surface area contributed by atoms with Crippen LogP contribution in [0.4, 0.5) is 0 Å². The van der Waals surface area contributed by atoms with Crippen molar-refractivity contribution in [3.8, 4) is 0 Å². The van der Waals surface area contributed by atoms with Crippen LogP contribution in [0.5, 0.6) is 0 Å². The third kappa shape index (κ3) is 3.49. The van der Waals surface area contributed by atoms with Gasteiger partial charge in [-0.3, -0.25) is 9.48 Å². The summed E-state index contributed by atoms with van der Waals surface area (Å²) >= 11 is 0. The lowest BCUT2D eigenvalue weighted by Gasteiger charge is -2.09. The molecule has 5 nitrogen and oxygen atoms in total. The first-order chi connectivity index (χ1) is 10.0. The normalized spacial score (nSPS) is 10.7. The molecule has 0 spiro atoms. The molecule has 0 saturated carbocycles. The molecule has 2 aromatic rings. The first kappa shape index (κ1) is 15.3. The highest BCUT2D eigenvalue weighted by Crippen LogP contribution is 2.12. The number of aryl methyl sites for hydroxylation is 2. The first-order valence-corrected chi connectivity index (χ1v) is 7.05. The highest BCUT2D eigenvalue weighted by Gasteiger charge is 2.11. The first-order valence-electron chi connectivity index (χ1n) is 7.05. The Morgan fingerprint density at radius 3 is 2.52 bits per heavy atom. The summed E-state index contributed by atoms with van der Waals surface area (Å²) in [5.74, 6) is -0.00134. The van der Waals surface area contributed by atoms with E-state index < -0.39 is 0 Å². The summed E-state index contributed by atoms with van der Waals surface area (Å²) in [5.41, 5.74) is 10.8. The van der Waals surface area contributed by atoms with Crippen molar-refractivity contribution >= 4 is 5.91 Å². The molecule has 5 heteroatoms. The molecule has 0 atom stereocenters. The Morgan fingerprint density at radius 1 is 1.29 bits per heavy atom. The minimum Gasteiger partial charge on any atom is -0.352 e. The lowest BCUT2D eigenvalue weighted by atomic mass is 10.0. The van der Waals surface area contributed by atoms with Crippen LogP contribution in [0.1, 0.15) is 28.1 Å². The molecule has 0 unspecified atom stereocenters. The van der Waals surface area contributed by atoms with Gasteiger partial charge in [-0.1, -0.05) is 24.3 Å². The average Bonchev–Trinajstić information content (AvgIpc) is 2.71. The predicted octanol–water partition coefficient (Wildman–Crippen LogP) is 1.35.